The summed E-state index contributed by atoms with van der Waals surface area (Å²) in [4.78, 5) is 18.9. The Morgan fingerprint density at radius 2 is 2.19 bits per heavy atom. The Hall–Kier alpha value is -2.65. The molecule has 0 bridgehead atoms. The van der Waals surface area contributed by atoms with Gasteiger partial charge in [0.15, 0.2) is 0 Å². The molecule has 5 nitrogen and oxygen atoms in total. The van der Waals surface area contributed by atoms with Crippen LogP contribution in [0.1, 0.15) is 37.6 Å². The molecule has 0 aliphatic rings. The van der Waals surface area contributed by atoms with Crippen molar-refractivity contribution in [2.45, 2.75) is 46.1 Å². The van der Waals surface area contributed by atoms with Crippen LogP contribution in [0.3, 0.4) is 0 Å². The van der Waals surface area contributed by atoms with Gasteiger partial charge in [0.05, 0.1) is 18.6 Å². The van der Waals surface area contributed by atoms with Crippen LogP contribution in [0.5, 0.6) is 5.75 Å². The van der Waals surface area contributed by atoms with Crippen molar-refractivity contribution < 1.29 is 4.74 Å². The highest BCUT2D eigenvalue weighted by atomic mass is 32.1. The van der Waals surface area contributed by atoms with Gasteiger partial charge in [0, 0.05) is 30.3 Å². The third-order valence-electron chi connectivity index (χ3n) is 4.62. The van der Waals surface area contributed by atoms with E-state index in [-0.39, 0.29) is 5.56 Å². The van der Waals surface area contributed by atoms with E-state index in [2.05, 4.69) is 13.0 Å². The van der Waals surface area contributed by atoms with Gasteiger partial charge in [-0.15, -0.1) is 11.3 Å². The van der Waals surface area contributed by atoms with Crippen LogP contribution in [-0.2, 0) is 13.0 Å². The fraction of sp³-hybridized carbons (Fsp3) is 0.381. The lowest BCUT2D eigenvalue weighted by Gasteiger charge is -2.12. The summed E-state index contributed by atoms with van der Waals surface area (Å²) in [7, 11) is 1.65. The average Bonchev–Trinajstić information content (AvgIpc) is 3.08. The Kier molecular flexibility index (Phi) is 5.92. The van der Waals surface area contributed by atoms with E-state index < -0.39 is 0 Å². The molecular formula is C21H23N3O2S. The van der Waals surface area contributed by atoms with E-state index in [4.69, 9.17) is 15.0 Å². The second kappa shape index (κ2) is 8.36. The van der Waals surface area contributed by atoms with Gasteiger partial charge in [0.1, 0.15) is 16.4 Å². The molecule has 1 aromatic carbocycles. The molecule has 3 rings (SSSR count). The van der Waals surface area contributed by atoms with E-state index >= 15 is 0 Å². The van der Waals surface area contributed by atoms with E-state index in [0.717, 1.165) is 45.9 Å². The number of unbranched alkanes of at least 4 members (excludes halogenated alkanes) is 1. The zero-order chi connectivity index (χ0) is 19.4. The molecular weight excluding hydrogens is 358 g/mol. The number of methoxy groups -OCH3 is 1. The van der Waals surface area contributed by atoms with Crippen molar-refractivity contribution in [3.8, 4) is 22.9 Å². The molecule has 2 aromatic heterocycles. The predicted molar refractivity (Wildman–Crippen MR) is 109 cm³/mol. The van der Waals surface area contributed by atoms with Gasteiger partial charge in [-0.3, -0.25) is 9.36 Å². The highest BCUT2D eigenvalue weighted by molar-refractivity contribution is 7.17. The van der Waals surface area contributed by atoms with Crippen LogP contribution in [0.4, 0.5) is 0 Å². The van der Waals surface area contributed by atoms with Gasteiger partial charge in [-0.25, -0.2) is 4.98 Å². The molecule has 0 aliphatic heterocycles. The minimum absolute atomic E-state index is 0.00823. The number of nitrogens with zero attached hydrogens (tertiary/aromatic N) is 3. The molecule has 6 heteroatoms. The van der Waals surface area contributed by atoms with Gasteiger partial charge in [-0.05, 0) is 43.0 Å². The van der Waals surface area contributed by atoms with Crippen molar-refractivity contribution >= 4 is 21.6 Å². The van der Waals surface area contributed by atoms with Crippen molar-refractivity contribution in [3.05, 3.63) is 45.3 Å². The SMILES string of the molecule is CCCc1nc2scc(-c3ccc(OC)c(C)c3)c2c(=O)n1CCCC#N. The van der Waals surface area contributed by atoms with Crippen molar-refractivity contribution in [2.24, 2.45) is 0 Å². The first-order valence-electron chi connectivity index (χ1n) is 9.13. The van der Waals surface area contributed by atoms with E-state index in [1.54, 1.807) is 11.7 Å². The number of hydrogen-bond acceptors (Lipinski definition) is 5. The number of ether oxygens (including phenoxy) is 1. The van der Waals surface area contributed by atoms with Crippen LogP contribution in [-0.4, -0.2) is 16.7 Å². The van der Waals surface area contributed by atoms with Crippen molar-refractivity contribution in [1.29, 1.82) is 5.26 Å². The Morgan fingerprint density at radius 1 is 1.37 bits per heavy atom. The van der Waals surface area contributed by atoms with Gasteiger partial charge < -0.3 is 4.74 Å². The zero-order valence-corrected chi connectivity index (χ0v) is 16.7. The summed E-state index contributed by atoms with van der Waals surface area (Å²) in [5.41, 5.74) is 2.92. The highest BCUT2D eigenvalue weighted by Crippen LogP contribution is 2.33. The van der Waals surface area contributed by atoms with Crippen LogP contribution in [0.25, 0.3) is 21.3 Å². The fourth-order valence-electron chi connectivity index (χ4n) is 3.29. The van der Waals surface area contributed by atoms with E-state index in [0.29, 0.717) is 24.8 Å². The second-order valence-electron chi connectivity index (χ2n) is 6.51. The molecule has 0 fully saturated rings. The maximum absolute atomic E-state index is 13.3. The minimum atomic E-state index is -0.00823. The van der Waals surface area contributed by atoms with Gasteiger partial charge >= 0.3 is 0 Å². The smallest absolute Gasteiger partial charge is 0.262 e. The Morgan fingerprint density at radius 3 is 2.85 bits per heavy atom. The lowest BCUT2D eigenvalue weighted by atomic mass is 10.0. The molecule has 140 valence electrons. The first-order chi connectivity index (χ1) is 13.1. The van der Waals surface area contributed by atoms with Crippen molar-refractivity contribution in [2.75, 3.05) is 7.11 Å². The first-order valence-corrected chi connectivity index (χ1v) is 10.0. The van der Waals surface area contributed by atoms with Crippen LogP contribution < -0.4 is 10.3 Å². The summed E-state index contributed by atoms with van der Waals surface area (Å²) in [6, 6.07) is 8.10. The molecule has 0 N–H and O–H groups in total. The zero-order valence-electron chi connectivity index (χ0n) is 15.9. The number of thiophene rings is 1. The van der Waals surface area contributed by atoms with Gasteiger partial charge in [-0.2, -0.15) is 5.26 Å². The van der Waals surface area contributed by atoms with Crippen LogP contribution in [0.15, 0.2) is 28.4 Å². The molecule has 2 heterocycles. The van der Waals surface area contributed by atoms with Crippen LogP contribution >= 0.6 is 11.3 Å². The molecule has 0 unspecified atom stereocenters. The van der Waals surface area contributed by atoms with Gasteiger partial charge in [0.2, 0.25) is 0 Å². The lowest BCUT2D eigenvalue weighted by Crippen LogP contribution is -2.25. The highest BCUT2D eigenvalue weighted by Gasteiger charge is 2.17. The topological polar surface area (TPSA) is 67.9 Å². The van der Waals surface area contributed by atoms with Crippen molar-refractivity contribution in [1.82, 2.24) is 9.55 Å². The Balaban J connectivity index is 2.16. The number of rotatable bonds is 7. The summed E-state index contributed by atoms with van der Waals surface area (Å²) in [6.45, 7) is 4.60. The van der Waals surface area contributed by atoms with Gasteiger partial charge in [-0.1, -0.05) is 13.0 Å². The summed E-state index contributed by atoms with van der Waals surface area (Å²) in [5.74, 6) is 1.64. The molecule has 0 amide bonds. The Labute approximate surface area is 162 Å². The van der Waals surface area contributed by atoms with E-state index in [9.17, 15) is 4.79 Å². The predicted octanol–water partition coefficient (Wildman–Crippen LogP) is 4.70. The molecule has 0 atom stereocenters. The minimum Gasteiger partial charge on any atom is -0.496 e. The Bertz CT molecular complexity index is 1060. The fourth-order valence-corrected chi connectivity index (χ4v) is 4.24. The summed E-state index contributed by atoms with van der Waals surface area (Å²) in [6.07, 6.45) is 2.77. The molecule has 27 heavy (non-hydrogen) atoms. The number of aryl methyl sites for hydroxylation is 2. The summed E-state index contributed by atoms with van der Waals surface area (Å²) < 4.78 is 7.10. The standard InChI is InChI=1S/C21H23N3O2S/c1-4-7-18-23-20-19(21(25)24(18)11-6-5-10-22)16(13-27-20)15-8-9-17(26-3)14(2)12-15/h8-9,12-13H,4-7,11H2,1-3H3. The monoisotopic (exact) mass is 381 g/mol. The van der Waals surface area contributed by atoms with Crippen molar-refractivity contribution in [3.63, 3.8) is 0 Å². The lowest BCUT2D eigenvalue weighted by molar-refractivity contribution is 0.412. The normalized spacial score (nSPS) is 10.9. The van der Waals surface area contributed by atoms with Gasteiger partial charge in [0.25, 0.3) is 5.56 Å². The van der Waals surface area contributed by atoms with E-state index in [1.807, 2.05) is 30.5 Å². The third-order valence-corrected chi connectivity index (χ3v) is 5.49. The molecule has 0 radical (unpaired) electrons. The average molecular weight is 382 g/mol. The maximum Gasteiger partial charge on any atom is 0.262 e. The molecule has 0 saturated carbocycles. The number of benzene rings is 1. The number of nitriles is 1. The summed E-state index contributed by atoms with van der Waals surface area (Å²) in [5, 5.41) is 11.5. The van der Waals surface area contributed by atoms with Crippen LogP contribution in [0.2, 0.25) is 0 Å². The van der Waals surface area contributed by atoms with E-state index in [1.165, 1.54) is 11.3 Å². The molecule has 0 saturated heterocycles. The van der Waals surface area contributed by atoms with Crippen LogP contribution in [0, 0.1) is 18.3 Å². The number of aromatic nitrogens is 2. The number of hydrogen-bond donors (Lipinski definition) is 0. The quantitative estimate of drug-likeness (QED) is 0.556. The molecule has 0 spiro atoms. The summed E-state index contributed by atoms with van der Waals surface area (Å²) >= 11 is 1.51. The first kappa shape index (κ1) is 19.1. The largest absolute Gasteiger partial charge is 0.496 e. The number of fused-ring (bicyclic) bond motifs is 1. The second-order valence-corrected chi connectivity index (χ2v) is 7.37. The maximum atomic E-state index is 13.3. The third kappa shape index (κ3) is 3.74. The molecule has 0 aliphatic carbocycles. The molecule has 3 aromatic rings.